The first-order valence-corrected chi connectivity index (χ1v) is 5.98. The van der Waals surface area contributed by atoms with Gasteiger partial charge in [0.25, 0.3) is 0 Å². The lowest BCUT2D eigenvalue weighted by atomic mass is 10.0. The van der Waals surface area contributed by atoms with E-state index in [0.29, 0.717) is 31.5 Å². The number of hydrogen-bond acceptors (Lipinski definition) is 8. The van der Waals surface area contributed by atoms with Crippen LogP contribution in [0.25, 0.3) is 0 Å². The summed E-state index contributed by atoms with van der Waals surface area (Å²) in [5, 5.41) is 13.1. The standard InChI is InChI=1S/C11H22N6O2/c1-11(18,5-6-19-4)7-13-9-14-8(12)15-10(16-9)17(2)3/h18H,5-7H2,1-4H3,(H3,12,13,14,15,16). The third kappa shape index (κ3) is 5.23. The Morgan fingerprint density at radius 3 is 2.63 bits per heavy atom. The van der Waals surface area contributed by atoms with E-state index >= 15 is 0 Å². The number of hydrogen-bond donors (Lipinski definition) is 3. The number of ether oxygens (including phenoxy) is 1. The minimum Gasteiger partial charge on any atom is -0.388 e. The van der Waals surface area contributed by atoms with Crippen LogP contribution in [0.2, 0.25) is 0 Å². The van der Waals surface area contributed by atoms with Crippen molar-refractivity contribution < 1.29 is 9.84 Å². The topological polar surface area (TPSA) is 109 Å². The second kappa shape index (κ2) is 6.48. The number of anilines is 3. The van der Waals surface area contributed by atoms with E-state index in [1.165, 1.54) is 0 Å². The van der Waals surface area contributed by atoms with Crippen LogP contribution < -0.4 is 16.0 Å². The fourth-order valence-electron chi connectivity index (χ4n) is 1.34. The Bertz CT molecular complexity index is 410. The number of methoxy groups -OCH3 is 1. The summed E-state index contributed by atoms with van der Waals surface area (Å²) in [6.07, 6.45) is 0.512. The first-order chi connectivity index (χ1) is 8.84. The van der Waals surface area contributed by atoms with Crippen LogP contribution in [0, 0.1) is 0 Å². The quantitative estimate of drug-likeness (QED) is 0.620. The largest absolute Gasteiger partial charge is 0.388 e. The molecule has 19 heavy (non-hydrogen) atoms. The minimum absolute atomic E-state index is 0.137. The summed E-state index contributed by atoms with van der Waals surface area (Å²) in [5.41, 5.74) is 4.70. The number of nitrogen functional groups attached to an aromatic ring is 1. The molecule has 0 saturated heterocycles. The number of aromatic nitrogens is 3. The summed E-state index contributed by atoms with van der Waals surface area (Å²) in [7, 11) is 5.22. The fourth-order valence-corrected chi connectivity index (χ4v) is 1.34. The Labute approximate surface area is 113 Å². The zero-order valence-electron chi connectivity index (χ0n) is 11.8. The predicted octanol–water partition coefficient (Wildman–Crippen LogP) is -0.281. The molecule has 108 valence electrons. The Balaban J connectivity index is 2.67. The first kappa shape index (κ1) is 15.4. The maximum Gasteiger partial charge on any atom is 0.231 e. The first-order valence-electron chi connectivity index (χ1n) is 5.98. The van der Waals surface area contributed by atoms with Gasteiger partial charge < -0.3 is 25.8 Å². The average molecular weight is 270 g/mol. The third-order valence-corrected chi connectivity index (χ3v) is 2.51. The molecule has 4 N–H and O–H groups in total. The lowest BCUT2D eigenvalue weighted by Crippen LogP contribution is -2.35. The highest BCUT2D eigenvalue weighted by molar-refractivity contribution is 5.40. The molecular formula is C11H22N6O2. The number of nitrogens with one attached hydrogen (secondary N) is 1. The van der Waals surface area contributed by atoms with Gasteiger partial charge in [-0.15, -0.1) is 0 Å². The molecule has 1 unspecified atom stereocenters. The second-order valence-electron chi connectivity index (χ2n) is 4.80. The van der Waals surface area contributed by atoms with E-state index in [0.717, 1.165) is 0 Å². The van der Waals surface area contributed by atoms with Crippen molar-refractivity contribution in [3.63, 3.8) is 0 Å². The van der Waals surface area contributed by atoms with Crippen LogP contribution in [-0.2, 0) is 4.74 Å². The van der Waals surface area contributed by atoms with Crippen molar-refractivity contribution in [2.75, 3.05) is 50.3 Å². The molecule has 0 aromatic carbocycles. The van der Waals surface area contributed by atoms with Crippen LogP contribution in [0.1, 0.15) is 13.3 Å². The summed E-state index contributed by atoms with van der Waals surface area (Å²) >= 11 is 0. The van der Waals surface area contributed by atoms with Gasteiger partial charge in [0.05, 0.1) is 5.60 Å². The van der Waals surface area contributed by atoms with Gasteiger partial charge in [0.1, 0.15) is 0 Å². The van der Waals surface area contributed by atoms with Gasteiger partial charge in [0.15, 0.2) is 0 Å². The number of nitrogens with zero attached hydrogens (tertiary/aromatic N) is 4. The van der Waals surface area contributed by atoms with Crippen molar-refractivity contribution in [3.05, 3.63) is 0 Å². The lowest BCUT2D eigenvalue weighted by Gasteiger charge is -2.23. The summed E-state index contributed by atoms with van der Waals surface area (Å²) < 4.78 is 4.94. The van der Waals surface area contributed by atoms with Crippen molar-refractivity contribution >= 4 is 17.8 Å². The molecule has 1 atom stereocenters. The van der Waals surface area contributed by atoms with Gasteiger partial charge in [-0.2, -0.15) is 15.0 Å². The molecule has 0 aliphatic carbocycles. The normalized spacial score (nSPS) is 13.9. The van der Waals surface area contributed by atoms with Crippen LogP contribution in [0.4, 0.5) is 17.8 Å². The predicted molar refractivity (Wildman–Crippen MR) is 74.2 cm³/mol. The highest BCUT2D eigenvalue weighted by Crippen LogP contribution is 2.13. The molecule has 1 aromatic heterocycles. The van der Waals surface area contributed by atoms with Crippen molar-refractivity contribution in [2.24, 2.45) is 0 Å². The molecule has 8 nitrogen and oxygen atoms in total. The zero-order valence-corrected chi connectivity index (χ0v) is 11.8. The molecule has 8 heteroatoms. The molecule has 1 aromatic rings. The van der Waals surface area contributed by atoms with Gasteiger partial charge in [-0.1, -0.05) is 0 Å². The molecule has 0 radical (unpaired) electrons. The van der Waals surface area contributed by atoms with Crippen LogP contribution in [-0.4, -0.2) is 60.0 Å². The van der Waals surface area contributed by atoms with E-state index in [1.807, 2.05) is 14.1 Å². The fraction of sp³-hybridized carbons (Fsp3) is 0.727. The van der Waals surface area contributed by atoms with Gasteiger partial charge in [0, 0.05) is 40.8 Å². The second-order valence-corrected chi connectivity index (χ2v) is 4.80. The minimum atomic E-state index is -0.907. The Kier molecular flexibility index (Phi) is 5.25. The van der Waals surface area contributed by atoms with Crippen molar-refractivity contribution in [1.29, 1.82) is 0 Å². The summed E-state index contributed by atoms with van der Waals surface area (Å²) in [6, 6.07) is 0. The molecule has 0 spiro atoms. The van der Waals surface area contributed by atoms with Crippen LogP contribution in [0.5, 0.6) is 0 Å². The molecule has 1 rings (SSSR count). The van der Waals surface area contributed by atoms with Crippen molar-refractivity contribution in [1.82, 2.24) is 15.0 Å². The number of nitrogens with two attached hydrogens (primary N) is 1. The molecular weight excluding hydrogens is 248 g/mol. The van der Waals surface area contributed by atoms with E-state index in [-0.39, 0.29) is 5.95 Å². The van der Waals surface area contributed by atoms with Crippen LogP contribution in [0.15, 0.2) is 0 Å². The molecule has 0 bridgehead atoms. The van der Waals surface area contributed by atoms with Crippen molar-refractivity contribution in [3.8, 4) is 0 Å². The van der Waals surface area contributed by atoms with E-state index in [4.69, 9.17) is 10.5 Å². The average Bonchev–Trinajstić information content (AvgIpc) is 2.33. The highest BCUT2D eigenvalue weighted by Gasteiger charge is 2.20. The van der Waals surface area contributed by atoms with Gasteiger partial charge in [-0.3, -0.25) is 0 Å². The third-order valence-electron chi connectivity index (χ3n) is 2.51. The van der Waals surface area contributed by atoms with E-state index < -0.39 is 5.60 Å². The maximum atomic E-state index is 10.1. The lowest BCUT2D eigenvalue weighted by molar-refractivity contribution is 0.0356. The van der Waals surface area contributed by atoms with Gasteiger partial charge >= 0.3 is 0 Å². The number of rotatable bonds is 7. The molecule has 0 aliphatic heterocycles. The molecule has 1 heterocycles. The Morgan fingerprint density at radius 2 is 2.05 bits per heavy atom. The Hall–Kier alpha value is -1.67. The molecule has 0 saturated carbocycles. The smallest absolute Gasteiger partial charge is 0.231 e. The van der Waals surface area contributed by atoms with Gasteiger partial charge in [-0.05, 0) is 6.92 Å². The van der Waals surface area contributed by atoms with Gasteiger partial charge in [0.2, 0.25) is 17.8 Å². The summed E-state index contributed by atoms with van der Waals surface area (Å²) in [6.45, 7) is 2.50. The monoisotopic (exact) mass is 270 g/mol. The molecule has 0 aliphatic rings. The maximum absolute atomic E-state index is 10.1. The van der Waals surface area contributed by atoms with E-state index in [9.17, 15) is 5.11 Å². The number of aliphatic hydroxyl groups is 1. The van der Waals surface area contributed by atoms with E-state index in [1.54, 1.807) is 18.9 Å². The molecule has 0 fully saturated rings. The van der Waals surface area contributed by atoms with Crippen molar-refractivity contribution in [2.45, 2.75) is 18.9 Å². The Morgan fingerprint density at radius 1 is 1.37 bits per heavy atom. The van der Waals surface area contributed by atoms with Crippen LogP contribution >= 0.6 is 0 Å². The highest BCUT2D eigenvalue weighted by atomic mass is 16.5. The molecule has 0 amide bonds. The summed E-state index contributed by atoms with van der Waals surface area (Å²) in [5.74, 6) is 0.943. The van der Waals surface area contributed by atoms with Crippen LogP contribution in [0.3, 0.4) is 0 Å². The van der Waals surface area contributed by atoms with E-state index in [2.05, 4.69) is 20.3 Å². The summed E-state index contributed by atoms with van der Waals surface area (Å²) in [4.78, 5) is 13.9. The SMILES string of the molecule is COCCC(C)(O)CNc1nc(N)nc(N(C)C)n1. The zero-order chi connectivity index (χ0) is 14.5. The van der Waals surface area contributed by atoms with Gasteiger partial charge in [-0.25, -0.2) is 0 Å².